The van der Waals surface area contributed by atoms with Crippen molar-refractivity contribution in [2.75, 3.05) is 24.9 Å². The number of ether oxygens (including phenoxy) is 2. The summed E-state index contributed by atoms with van der Waals surface area (Å²) in [4.78, 5) is 20.0. The van der Waals surface area contributed by atoms with Gasteiger partial charge < -0.3 is 25.4 Å². The van der Waals surface area contributed by atoms with Crippen molar-refractivity contribution in [1.29, 1.82) is 0 Å². The zero-order valence-electron chi connectivity index (χ0n) is 15.1. The third-order valence-corrected chi connectivity index (χ3v) is 4.35. The molecule has 2 atom stereocenters. The fourth-order valence-electron chi connectivity index (χ4n) is 2.89. The summed E-state index contributed by atoms with van der Waals surface area (Å²) < 4.78 is 10.6. The monoisotopic (exact) mass is 357 g/mol. The van der Waals surface area contributed by atoms with Crippen LogP contribution in [0.1, 0.15) is 19.8 Å². The van der Waals surface area contributed by atoms with E-state index < -0.39 is 0 Å². The number of rotatable bonds is 6. The summed E-state index contributed by atoms with van der Waals surface area (Å²) >= 11 is 0. The Morgan fingerprint density at radius 2 is 1.96 bits per heavy atom. The number of carbonyl (C=O) groups excluding carboxylic acids is 1. The van der Waals surface area contributed by atoms with Crippen LogP contribution >= 0.6 is 0 Å². The Labute approximate surface area is 152 Å². The Balaban J connectivity index is 1.72. The van der Waals surface area contributed by atoms with E-state index in [2.05, 4.69) is 25.9 Å². The maximum atomic E-state index is 11.4. The normalized spacial score (nSPS) is 19.4. The van der Waals surface area contributed by atoms with Gasteiger partial charge in [-0.3, -0.25) is 4.79 Å². The molecule has 1 fully saturated rings. The minimum atomic E-state index is 0.0457. The van der Waals surface area contributed by atoms with Gasteiger partial charge in [0.1, 0.15) is 29.5 Å². The van der Waals surface area contributed by atoms with Crippen LogP contribution < -0.4 is 25.4 Å². The van der Waals surface area contributed by atoms with E-state index in [0.717, 1.165) is 12.1 Å². The van der Waals surface area contributed by atoms with E-state index in [4.69, 9.17) is 9.47 Å². The van der Waals surface area contributed by atoms with E-state index in [0.29, 0.717) is 29.6 Å². The molecule has 0 saturated carbocycles. The van der Waals surface area contributed by atoms with E-state index in [-0.39, 0.29) is 18.0 Å². The summed E-state index contributed by atoms with van der Waals surface area (Å²) in [6.45, 7) is 1.98. The number of nitrogens with zero attached hydrogens (tertiary/aromatic N) is 2. The minimum Gasteiger partial charge on any atom is -0.497 e. The lowest BCUT2D eigenvalue weighted by molar-refractivity contribution is -0.123. The van der Waals surface area contributed by atoms with Gasteiger partial charge in [0, 0.05) is 30.6 Å². The molecule has 1 aliphatic rings. The molecule has 1 aromatic carbocycles. The SMILES string of the molecule is COc1ccc(Nc2cc(NC3CCC(=O)NC3C)ncn2)c(OC)c1. The highest BCUT2D eigenvalue weighted by Gasteiger charge is 2.25. The number of hydrogen-bond acceptors (Lipinski definition) is 7. The summed E-state index contributed by atoms with van der Waals surface area (Å²) in [6, 6.07) is 7.51. The number of carbonyl (C=O) groups is 1. The van der Waals surface area contributed by atoms with Crippen LogP contribution in [0.4, 0.5) is 17.3 Å². The third-order valence-electron chi connectivity index (χ3n) is 4.35. The van der Waals surface area contributed by atoms with Crippen molar-refractivity contribution >= 4 is 23.2 Å². The molecular formula is C18H23N5O3. The molecule has 0 radical (unpaired) electrons. The number of piperidine rings is 1. The van der Waals surface area contributed by atoms with Crippen LogP contribution in [0.15, 0.2) is 30.6 Å². The smallest absolute Gasteiger partial charge is 0.220 e. The van der Waals surface area contributed by atoms with Gasteiger partial charge in [0.05, 0.1) is 19.9 Å². The minimum absolute atomic E-state index is 0.0457. The molecule has 1 aliphatic heterocycles. The zero-order valence-corrected chi connectivity index (χ0v) is 15.1. The zero-order chi connectivity index (χ0) is 18.5. The van der Waals surface area contributed by atoms with Gasteiger partial charge in [0.25, 0.3) is 0 Å². The van der Waals surface area contributed by atoms with E-state index in [9.17, 15) is 4.79 Å². The molecule has 8 heteroatoms. The average Bonchev–Trinajstić information content (AvgIpc) is 2.65. The lowest BCUT2D eigenvalue weighted by Gasteiger charge is -2.30. The molecule has 0 aliphatic carbocycles. The molecule has 138 valence electrons. The predicted octanol–water partition coefficient (Wildman–Crippen LogP) is 2.32. The maximum absolute atomic E-state index is 11.4. The quantitative estimate of drug-likeness (QED) is 0.730. The lowest BCUT2D eigenvalue weighted by Crippen LogP contribution is -2.49. The highest BCUT2D eigenvalue weighted by Crippen LogP contribution is 2.31. The first kappa shape index (κ1) is 17.8. The Morgan fingerprint density at radius 3 is 2.69 bits per heavy atom. The number of hydrogen-bond donors (Lipinski definition) is 3. The van der Waals surface area contributed by atoms with Gasteiger partial charge >= 0.3 is 0 Å². The Bertz CT molecular complexity index is 783. The highest BCUT2D eigenvalue weighted by molar-refractivity contribution is 5.77. The molecule has 1 saturated heterocycles. The fourth-order valence-corrected chi connectivity index (χ4v) is 2.89. The van der Waals surface area contributed by atoms with Crippen LogP contribution in [-0.2, 0) is 4.79 Å². The van der Waals surface area contributed by atoms with Crippen LogP contribution in [0.5, 0.6) is 11.5 Å². The van der Waals surface area contributed by atoms with Gasteiger partial charge in [-0.1, -0.05) is 0 Å². The first-order valence-electron chi connectivity index (χ1n) is 8.46. The standard InChI is InChI=1S/C18H23N5O3/c1-11-13(6-7-18(24)21-11)22-16-9-17(20-10-19-16)23-14-5-4-12(25-2)8-15(14)26-3/h4-5,8-11,13H,6-7H2,1-3H3,(H,21,24)(H2,19,20,22,23). The van der Waals surface area contributed by atoms with E-state index >= 15 is 0 Å². The molecule has 0 bridgehead atoms. The van der Waals surface area contributed by atoms with Crippen LogP contribution in [0.3, 0.4) is 0 Å². The van der Waals surface area contributed by atoms with Crippen molar-refractivity contribution in [3.05, 3.63) is 30.6 Å². The summed E-state index contributed by atoms with van der Waals surface area (Å²) in [6.07, 6.45) is 2.78. The molecule has 26 heavy (non-hydrogen) atoms. The van der Waals surface area contributed by atoms with Crippen LogP contribution in [-0.4, -0.2) is 42.2 Å². The van der Waals surface area contributed by atoms with Crippen LogP contribution in [0.25, 0.3) is 0 Å². The van der Waals surface area contributed by atoms with Gasteiger partial charge in [0.2, 0.25) is 5.91 Å². The Hall–Kier alpha value is -3.03. The molecule has 8 nitrogen and oxygen atoms in total. The second kappa shape index (κ2) is 7.90. The fraction of sp³-hybridized carbons (Fsp3) is 0.389. The number of amides is 1. The number of anilines is 3. The first-order valence-corrected chi connectivity index (χ1v) is 8.46. The molecular weight excluding hydrogens is 334 g/mol. The summed E-state index contributed by atoms with van der Waals surface area (Å²) in [5, 5.41) is 9.54. The van der Waals surface area contributed by atoms with Crippen molar-refractivity contribution in [2.45, 2.75) is 31.8 Å². The molecule has 1 amide bonds. The first-order chi connectivity index (χ1) is 12.6. The van der Waals surface area contributed by atoms with Crippen molar-refractivity contribution < 1.29 is 14.3 Å². The van der Waals surface area contributed by atoms with E-state index in [1.54, 1.807) is 20.3 Å². The molecule has 2 unspecified atom stereocenters. The largest absolute Gasteiger partial charge is 0.497 e. The van der Waals surface area contributed by atoms with Gasteiger partial charge in [-0.15, -0.1) is 0 Å². The number of aromatic nitrogens is 2. The second-order valence-electron chi connectivity index (χ2n) is 6.13. The van der Waals surface area contributed by atoms with Crippen molar-refractivity contribution in [3.63, 3.8) is 0 Å². The molecule has 1 aromatic heterocycles. The highest BCUT2D eigenvalue weighted by atomic mass is 16.5. The van der Waals surface area contributed by atoms with Crippen LogP contribution in [0.2, 0.25) is 0 Å². The van der Waals surface area contributed by atoms with E-state index in [1.165, 1.54) is 6.33 Å². The molecule has 2 aromatic rings. The van der Waals surface area contributed by atoms with Crippen molar-refractivity contribution in [1.82, 2.24) is 15.3 Å². The number of methoxy groups -OCH3 is 2. The summed E-state index contributed by atoms with van der Waals surface area (Å²) in [7, 11) is 3.21. The van der Waals surface area contributed by atoms with Crippen LogP contribution in [0, 0.1) is 0 Å². The molecule has 3 rings (SSSR count). The van der Waals surface area contributed by atoms with Gasteiger partial charge in [0.15, 0.2) is 0 Å². The summed E-state index contributed by atoms with van der Waals surface area (Å²) in [5.74, 6) is 2.79. The van der Waals surface area contributed by atoms with Gasteiger partial charge in [-0.05, 0) is 25.5 Å². The molecule has 2 heterocycles. The van der Waals surface area contributed by atoms with E-state index in [1.807, 2.05) is 25.1 Å². The molecule has 3 N–H and O–H groups in total. The predicted molar refractivity (Wildman–Crippen MR) is 99.1 cm³/mol. The Morgan fingerprint density at radius 1 is 1.15 bits per heavy atom. The second-order valence-corrected chi connectivity index (χ2v) is 6.13. The number of nitrogens with one attached hydrogen (secondary N) is 3. The Kier molecular flexibility index (Phi) is 5.40. The van der Waals surface area contributed by atoms with Gasteiger partial charge in [-0.25, -0.2) is 9.97 Å². The number of benzene rings is 1. The maximum Gasteiger partial charge on any atom is 0.220 e. The van der Waals surface area contributed by atoms with Gasteiger partial charge in [-0.2, -0.15) is 0 Å². The topological polar surface area (TPSA) is 97.4 Å². The lowest BCUT2D eigenvalue weighted by atomic mass is 9.99. The third kappa shape index (κ3) is 4.14. The van der Waals surface area contributed by atoms with Crippen molar-refractivity contribution in [2.24, 2.45) is 0 Å². The summed E-state index contributed by atoms with van der Waals surface area (Å²) in [5.41, 5.74) is 0.774. The van der Waals surface area contributed by atoms with Crippen molar-refractivity contribution in [3.8, 4) is 11.5 Å². The average molecular weight is 357 g/mol. The molecule has 0 spiro atoms.